The molecule has 1 heterocycles. The highest BCUT2D eigenvalue weighted by molar-refractivity contribution is 5.80. The summed E-state index contributed by atoms with van der Waals surface area (Å²) >= 11 is 0. The van der Waals surface area contributed by atoms with Crippen LogP contribution in [0.15, 0.2) is 27.7 Å². The van der Waals surface area contributed by atoms with Gasteiger partial charge in [0, 0.05) is 19.0 Å². The predicted molar refractivity (Wildman–Crippen MR) is 93.1 cm³/mol. The lowest BCUT2D eigenvalue weighted by atomic mass is 10.0. The highest BCUT2D eigenvalue weighted by atomic mass is 16.5. The number of hydrogen-bond acceptors (Lipinski definition) is 5. The molecule has 1 atom stereocenters. The fourth-order valence-corrected chi connectivity index (χ4v) is 2.35. The Balaban J connectivity index is 2.13. The van der Waals surface area contributed by atoms with E-state index in [4.69, 9.17) is 9.26 Å². The number of guanidine groups is 1. The maximum absolute atomic E-state index is 5.46. The number of benzene rings is 1. The average Bonchev–Trinajstić information content (AvgIpc) is 2.98. The molecule has 2 aromatic rings. The number of methoxy groups -OCH3 is 1. The molecule has 7 nitrogen and oxygen atoms in total. The molecule has 0 aliphatic carbocycles. The van der Waals surface area contributed by atoms with Crippen LogP contribution in [0.4, 0.5) is 0 Å². The summed E-state index contributed by atoms with van der Waals surface area (Å²) in [5.41, 5.74) is 2.27. The number of nitrogens with one attached hydrogen (secondary N) is 2. The number of aryl methyl sites for hydroxylation is 2. The predicted octanol–water partition coefficient (Wildman–Crippen LogP) is 2.51. The van der Waals surface area contributed by atoms with Gasteiger partial charge in [0.05, 0.1) is 13.2 Å². The van der Waals surface area contributed by atoms with E-state index < -0.39 is 0 Å². The molecule has 0 bridgehead atoms. The molecule has 0 aliphatic heterocycles. The van der Waals surface area contributed by atoms with Crippen molar-refractivity contribution < 1.29 is 9.26 Å². The van der Waals surface area contributed by atoms with Gasteiger partial charge in [-0.05, 0) is 26.8 Å². The number of aromatic nitrogens is 2. The van der Waals surface area contributed by atoms with Crippen molar-refractivity contribution >= 4 is 5.96 Å². The van der Waals surface area contributed by atoms with Gasteiger partial charge < -0.3 is 19.9 Å². The molecule has 1 aromatic heterocycles. The molecule has 1 unspecified atom stereocenters. The van der Waals surface area contributed by atoms with Gasteiger partial charge in [0.15, 0.2) is 11.8 Å². The summed E-state index contributed by atoms with van der Waals surface area (Å²) in [5.74, 6) is 2.64. The van der Waals surface area contributed by atoms with Crippen LogP contribution in [0.5, 0.6) is 5.75 Å². The molecular weight excluding hydrogens is 306 g/mol. The quantitative estimate of drug-likeness (QED) is 0.625. The fraction of sp³-hybridized carbons (Fsp3) is 0.471. The molecule has 0 amide bonds. The van der Waals surface area contributed by atoms with Gasteiger partial charge in [0.25, 0.3) is 0 Å². The summed E-state index contributed by atoms with van der Waals surface area (Å²) in [4.78, 5) is 8.67. The van der Waals surface area contributed by atoms with Crippen molar-refractivity contribution in [3.05, 3.63) is 41.0 Å². The van der Waals surface area contributed by atoms with E-state index in [-0.39, 0.29) is 6.04 Å². The summed E-state index contributed by atoms with van der Waals surface area (Å²) < 4.78 is 10.4. The molecular formula is C17H25N5O2. The Morgan fingerprint density at radius 2 is 2.17 bits per heavy atom. The van der Waals surface area contributed by atoms with Crippen LogP contribution in [-0.2, 0) is 6.54 Å². The van der Waals surface area contributed by atoms with Crippen LogP contribution in [0.2, 0.25) is 0 Å². The van der Waals surface area contributed by atoms with Crippen LogP contribution in [0.1, 0.15) is 42.7 Å². The normalized spacial score (nSPS) is 12.8. The van der Waals surface area contributed by atoms with E-state index >= 15 is 0 Å². The first-order valence-electron chi connectivity index (χ1n) is 8.02. The van der Waals surface area contributed by atoms with Crippen LogP contribution in [0.3, 0.4) is 0 Å². The van der Waals surface area contributed by atoms with E-state index in [2.05, 4.69) is 45.7 Å². The van der Waals surface area contributed by atoms with E-state index in [0.717, 1.165) is 17.9 Å². The topological polar surface area (TPSA) is 84.6 Å². The van der Waals surface area contributed by atoms with Gasteiger partial charge in [-0.2, -0.15) is 4.98 Å². The Labute approximate surface area is 142 Å². The number of aliphatic imine (C=N–C) groups is 1. The summed E-state index contributed by atoms with van der Waals surface area (Å²) in [6.07, 6.45) is 0. The molecule has 0 spiro atoms. The van der Waals surface area contributed by atoms with Crippen molar-refractivity contribution in [3.63, 3.8) is 0 Å². The van der Waals surface area contributed by atoms with Crippen molar-refractivity contribution in [2.24, 2.45) is 4.99 Å². The molecule has 24 heavy (non-hydrogen) atoms. The van der Waals surface area contributed by atoms with Crippen molar-refractivity contribution in [2.75, 3.05) is 13.7 Å². The lowest BCUT2D eigenvalue weighted by molar-refractivity contribution is 0.387. The van der Waals surface area contributed by atoms with Crippen LogP contribution >= 0.6 is 0 Å². The third kappa shape index (κ3) is 4.71. The maximum atomic E-state index is 5.46. The minimum atomic E-state index is 0.0321. The average molecular weight is 331 g/mol. The summed E-state index contributed by atoms with van der Waals surface area (Å²) in [6, 6.07) is 6.16. The highest BCUT2D eigenvalue weighted by Crippen LogP contribution is 2.25. The lowest BCUT2D eigenvalue weighted by Crippen LogP contribution is -2.38. The van der Waals surface area contributed by atoms with Gasteiger partial charge in [-0.25, -0.2) is 4.99 Å². The Morgan fingerprint density at radius 1 is 1.38 bits per heavy atom. The summed E-state index contributed by atoms with van der Waals surface area (Å²) in [5, 5.41) is 10.5. The Bertz CT molecular complexity index is 696. The van der Waals surface area contributed by atoms with Crippen molar-refractivity contribution in [3.8, 4) is 5.75 Å². The Hall–Kier alpha value is -2.57. The molecule has 0 aliphatic rings. The van der Waals surface area contributed by atoms with E-state index in [1.54, 1.807) is 14.0 Å². The number of nitrogens with zero attached hydrogens (tertiary/aromatic N) is 3. The molecule has 0 radical (unpaired) electrons. The number of hydrogen-bond donors (Lipinski definition) is 2. The van der Waals surface area contributed by atoms with Crippen LogP contribution in [-0.4, -0.2) is 29.8 Å². The second-order valence-electron chi connectivity index (χ2n) is 5.54. The smallest absolute Gasteiger partial charge is 0.223 e. The van der Waals surface area contributed by atoms with Crippen LogP contribution in [0.25, 0.3) is 0 Å². The standard InChI is InChI=1S/C17H25N5O2/c1-6-18-17(19-10-16-21-13(4)24-22-16)20-12(3)14-9-11(2)7-8-15(14)23-5/h7-9,12H,6,10H2,1-5H3,(H2,18,19,20). The van der Waals surface area contributed by atoms with Crippen molar-refractivity contribution in [2.45, 2.75) is 40.3 Å². The Kier molecular flexibility index (Phi) is 6.17. The minimum absolute atomic E-state index is 0.0321. The van der Waals surface area contributed by atoms with Crippen molar-refractivity contribution in [1.82, 2.24) is 20.8 Å². The SMILES string of the molecule is CCNC(=NCc1noc(C)n1)NC(C)c1cc(C)ccc1OC. The van der Waals surface area contributed by atoms with Crippen LogP contribution < -0.4 is 15.4 Å². The first-order valence-corrected chi connectivity index (χ1v) is 8.02. The van der Waals surface area contributed by atoms with Gasteiger partial charge in [-0.15, -0.1) is 0 Å². The second kappa shape index (κ2) is 8.33. The summed E-state index contributed by atoms with van der Waals surface area (Å²) in [6.45, 7) is 9.03. The summed E-state index contributed by atoms with van der Waals surface area (Å²) in [7, 11) is 1.68. The van der Waals surface area contributed by atoms with Gasteiger partial charge in [0.2, 0.25) is 5.89 Å². The molecule has 2 rings (SSSR count). The zero-order valence-electron chi connectivity index (χ0n) is 14.9. The largest absolute Gasteiger partial charge is 0.496 e. The van der Waals surface area contributed by atoms with E-state index in [9.17, 15) is 0 Å². The first-order chi connectivity index (χ1) is 11.5. The molecule has 0 saturated heterocycles. The zero-order valence-corrected chi connectivity index (χ0v) is 14.9. The molecule has 0 saturated carbocycles. The molecule has 2 N–H and O–H groups in total. The Morgan fingerprint density at radius 3 is 2.79 bits per heavy atom. The lowest BCUT2D eigenvalue weighted by Gasteiger charge is -2.20. The third-order valence-corrected chi connectivity index (χ3v) is 3.50. The molecule has 7 heteroatoms. The molecule has 0 fully saturated rings. The van der Waals surface area contributed by atoms with E-state index in [0.29, 0.717) is 24.2 Å². The fourth-order valence-electron chi connectivity index (χ4n) is 2.35. The first kappa shape index (κ1) is 17.8. The number of rotatable bonds is 6. The van der Waals surface area contributed by atoms with Crippen molar-refractivity contribution in [1.29, 1.82) is 0 Å². The molecule has 1 aromatic carbocycles. The minimum Gasteiger partial charge on any atom is -0.496 e. The molecule has 130 valence electrons. The van der Waals surface area contributed by atoms with E-state index in [1.807, 2.05) is 19.1 Å². The van der Waals surface area contributed by atoms with E-state index in [1.165, 1.54) is 5.56 Å². The zero-order chi connectivity index (χ0) is 17.5. The van der Waals surface area contributed by atoms with Crippen LogP contribution in [0, 0.1) is 13.8 Å². The number of ether oxygens (including phenoxy) is 1. The highest BCUT2D eigenvalue weighted by Gasteiger charge is 2.13. The van der Waals surface area contributed by atoms with Gasteiger partial charge >= 0.3 is 0 Å². The third-order valence-electron chi connectivity index (χ3n) is 3.50. The van der Waals surface area contributed by atoms with Gasteiger partial charge in [-0.1, -0.05) is 22.9 Å². The monoisotopic (exact) mass is 331 g/mol. The van der Waals surface area contributed by atoms with Gasteiger partial charge in [0.1, 0.15) is 12.3 Å². The maximum Gasteiger partial charge on any atom is 0.223 e. The second-order valence-corrected chi connectivity index (χ2v) is 5.54. The van der Waals surface area contributed by atoms with Gasteiger partial charge in [-0.3, -0.25) is 0 Å².